The zero-order chi connectivity index (χ0) is 9.84. The third-order valence-corrected chi connectivity index (χ3v) is 3.18. The summed E-state index contributed by atoms with van der Waals surface area (Å²) in [5.74, 6) is 0. The summed E-state index contributed by atoms with van der Waals surface area (Å²) in [5, 5.41) is 12.2. The molecule has 2 unspecified atom stereocenters. The van der Waals surface area contributed by atoms with Crippen molar-refractivity contribution in [1.82, 2.24) is 5.32 Å². The Morgan fingerprint density at radius 2 is 2.15 bits per heavy atom. The summed E-state index contributed by atoms with van der Waals surface area (Å²) >= 11 is 1.80. The second-order valence-corrected chi connectivity index (χ2v) is 4.74. The summed E-state index contributed by atoms with van der Waals surface area (Å²) in [7, 11) is 0. The number of hydrogen-bond donors (Lipinski definition) is 2. The first kappa shape index (κ1) is 10.7. The maximum Gasteiger partial charge on any atom is 0.0582 e. The number of rotatable bonds is 4. The van der Waals surface area contributed by atoms with Crippen LogP contribution in [0.2, 0.25) is 0 Å². The van der Waals surface area contributed by atoms with Gasteiger partial charge in [0.1, 0.15) is 0 Å². The molecule has 0 saturated carbocycles. The minimum atomic E-state index is 0.164. The Hall–Kier alpha value is -0.380. The zero-order valence-corrected chi connectivity index (χ0v) is 9.19. The van der Waals surface area contributed by atoms with Crippen LogP contribution in [0, 0.1) is 6.92 Å². The fraction of sp³-hybridized carbons (Fsp3) is 0.600. The summed E-state index contributed by atoms with van der Waals surface area (Å²) in [5.41, 5.74) is 0. The highest BCUT2D eigenvalue weighted by Gasteiger charge is 2.09. The normalized spacial score (nSPS) is 15.7. The minimum absolute atomic E-state index is 0.164. The second-order valence-electron chi connectivity index (χ2n) is 3.42. The van der Waals surface area contributed by atoms with Gasteiger partial charge in [-0.2, -0.15) is 0 Å². The van der Waals surface area contributed by atoms with Gasteiger partial charge in [0.05, 0.1) is 6.61 Å². The zero-order valence-electron chi connectivity index (χ0n) is 8.37. The molecule has 1 aromatic rings. The lowest BCUT2D eigenvalue weighted by Gasteiger charge is -2.16. The number of aryl methyl sites for hydroxylation is 1. The van der Waals surface area contributed by atoms with E-state index in [9.17, 15) is 0 Å². The molecule has 0 bridgehead atoms. The Kier molecular flexibility index (Phi) is 3.90. The molecule has 74 valence electrons. The van der Waals surface area contributed by atoms with Crippen molar-refractivity contribution in [3.8, 4) is 0 Å². The number of aliphatic hydroxyl groups excluding tert-OH is 1. The highest BCUT2D eigenvalue weighted by Crippen LogP contribution is 2.22. The molecule has 0 aliphatic heterocycles. The molecule has 0 aliphatic carbocycles. The van der Waals surface area contributed by atoms with E-state index in [0.717, 1.165) is 0 Å². The van der Waals surface area contributed by atoms with Crippen molar-refractivity contribution in [2.75, 3.05) is 6.61 Å². The van der Waals surface area contributed by atoms with Crippen LogP contribution in [0.1, 0.15) is 29.6 Å². The van der Waals surface area contributed by atoms with E-state index in [-0.39, 0.29) is 12.6 Å². The summed E-state index contributed by atoms with van der Waals surface area (Å²) in [6.45, 7) is 6.40. The number of hydrogen-bond acceptors (Lipinski definition) is 3. The van der Waals surface area contributed by atoms with Gasteiger partial charge < -0.3 is 10.4 Å². The molecular formula is C10H17NOS. The number of nitrogens with one attached hydrogen (secondary N) is 1. The Morgan fingerprint density at radius 1 is 1.46 bits per heavy atom. The van der Waals surface area contributed by atoms with Crippen LogP contribution >= 0.6 is 11.3 Å². The van der Waals surface area contributed by atoms with Gasteiger partial charge in [0, 0.05) is 21.8 Å². The van der Waals surface area contributed by atoms with Gasteiger partial charge in [-0.1, -0.05) is 0 Å². The van der Waals surface area contributed by atoms with Crippen LogP contribution in [0.4, 0.5) is 0 Å². The van der Waals surface area contributed by atoms with Gasteiger partial charge in [0.25, 0.3) is 0 Å². The molecule has 2 nitrogen and oxygen atoms in total. The van der Waals surface area contributed by atoms with Crippen LogP contribution in [0.5, 0.6) is 0 Å². The summed E-state index contributed by atoms with van der Waals surface area (Å²) < 4.78 is 0. The van der Waals surface area contributed by atoms with Crippen LogP contribution in [0.3, 0.4) is 0 Å². The molecule has 3 heteroatoms. The molecule has 0 saturated heterocycles. The first-order valence-electron chi connectivity index (χ1n) is 4.56. The van der Waals surface area contributed by atoms with Crippen LogP contribution in [-0.2, 0) is 0 Å². The second kappa shape index (κ2) is 4.74. The molecule has 2 atom stereocenters. The summed E-state index contributed by atoms with van der Waals surface area (Å²) in [6.07, 6.45) is 0. The first-order chi connectivity index (χ1) is 6.13. The molecule has 1 heterocycles. The maximum atomic E-state index is 8.88. The van der Waals surface area contributed by atoms with E-state index in [1.165, 1.54) is 9.75 Å². The van der Waals surface area contributed by atoms with Crippen molar-refractivity contribution >= 4 is 11.3 Å². The standard InChI is InChI=1S/C10H17NOS/c1-7(6-12)11-9(3)10-5-4-8(2)13-10/h4-5,7,9,11-12H,6H2,1-3H3. The van der Waals surface area contributed by atoms with Gasteiger partial charge in [0.15, 0.2) is 0 Å². The van der Waals surface area contributed by atoms with Crippen LogP contribution in [-0.4, -0.2) is 17.8 Å². The van der Waals surface area contributed by atoms with Gasteiger partial charge in [-0.25, -0.2) is 0 Å². The molecule has 1 rings (SSSR count). The van der Waals surface area contributed by atoms with E-state index in [4.69, 9.17) is 5.11 Å². The van der Waals surface area contributed by atoms with Crippen LogP contribution < -0.4 is 5.32 Å². The Balaban J connectivity index is 2.53. The fourth-order valence-electron chi connectivity index (χ4n) is 1.25. The molecule has 0 aliphatic rings. The van der Waals surface area contributed by atoms with Gasteiger partial charge >= 0.3 is 0 Å². The van der Waals surface area contributed by atoms with Gasteiger partial charge in [-0.05, 0) is 32.9 Å². The molecule has 0 spiro atoms. The van der Waals surface area contributed by atoms with Crippen molar-refractivity contribution in [3.63, 3.8) is 0 Å². The predicted molar refractivity (Wildman–Crippen MR) is 57.2 cm³/mol. The fourth-order valence-corrected chi connectivity index (χ4v) is 2.14. The van der Waals surface area contributed by atoms with Crippen molar-refractivity contribution in [2.45, 2.75) is 32.9 Å². The average molecular weight is 199 g/mol. The van der Waals surface area contributed by atoms with Crippen molar-refractivity contribution < 1.29 is 5.11 Å². The number of thiophene rings is 1. The van der Waals surface area contributed by atoms with E-state index >= 15 is 0 Å². The van der Waals surface area contributed by atoms with E-state index in [1.54, 1.807) is 11.3 Å². The van der Waals surface area contributed by atoms with E-state index in [2.05, 4.69) is 31.3 Å². The summed E-state index contributed by atoms with van der Waals surface area (Å²) in [4.78, 5) is 2.66. The molecule has 13 heavy (non-hydrogen) atoms. The van der Waals surface area contributed by atoms with E-state index < -0.39 is 0 Å². The monoisotopic (exact) mass is 199 g/mol. The number of aliphatic hydroxyl groups is 1. The van der Waals surface area contributed by atoms with Crippen LogP contribution in [0.25, 0.3) is 0 Å². The smallest absolute Gasteiger partial charge is 0.0582 e. The quantitative estimate of drug-likeness (QED) is 0.778. The van der Waals surface area contributed by atoms with Crippen molar-refractivity contribution in [3.05, 3.63) is 21.9 Å². The highest BCUT2D eigenvalue weighted by atomic mass is 32.1. The van der Waals surface area contributed by atoms with E-state index in [0.29, 0.717) is 6.04 Å². The van der Waals surface area contributed by atoms with Gasteiger partial charge in [-0.3, -0.25) is 0 Å². The Morgan fingerprint density at radius 3 is 2.62 bits per heavy atom. The lowest BCUT2D eigenvalue weighted by molar-refractivity contribution is 0.243. The highest BCUT2D eigenvalue weighted by molar-refractivity contribution is 7.12. The predicted octanol–water partition coefficient (Wildman–Crippen LogP) is 2.09. The molecule has 0 amide bonds. The van der Waals surface area contributed by atoms with E-state index in [1.807, 2.05) is 6.92 Å². The molecular weight excluding hydrogens is 182 g/mol. The largest absolute Gasteiger partial charge is 0.395 e. The van der Waals surface area contributed by atoms with Crippen molar-refractivity contribution in [1.29, 1.82) is 0 Å². The minimum Gasteiger partial charge on any atom is -0.395 e. The Bertz CT molecular complexity index is 259. The first-order valence-corrected chi connectivity index (χ1v) is 5.38. The molecule has 0 aromatic carbocycles. The lowest BCUT2D eigenvalue weighted by atomic mass is 10.2. The van der Waals surface area contributed by atoms with Crippen molar-refractivity contribution in [2.24, 2.45) is 0 Å². The molecule has 1 aromatic heterocycles. The molecule has 2 N–H and O–H groups in total. The average Bonchev–Trinajstić information content (AvgIpc) is 2.51. The Labute approximate surface area is 83.6 Å². The third kappa shape index (κ3) is 3.10. The van der Waals surface area contributed by atoms with Crippen LogP contribution in [0.15, 0.2) is 12.1 Å². The molecule has 0 radical (unpaired) electrons. The van der Waals surface area contributed by atoms with Gasteiger partial charge in [-0.15, -0.1) is 11.3 Å². The molecule has 0 fully saturated rings. The summed E-state index contributed by atoms with van der Waals surface area (Å²) in [6, 6.07) is 4.77. The SMILES string of the molecule is Cc1ccc(C(C)NC(C)CO)s1. The lowest BCUT2D eigenvalue weighted by Crippen LogP contribution is -2.31. The topological polar surface area (TPSA) is 32.3 Å². The van der Waals surface area contributed by atoms with Gasteiger partial charge in [0.2, 0.25) is 0 Å². The maximum absolute atomic E-state index is 8.88. The third-order valence-electron chi connectivity index (χ3n) is 2.00.